The van der Waals surface area contributed by atoms with Crippen molar-refractivity contribution in [2.24, 2.45) is 0 Å². The second-order valence-corrected chi connectivity index (χ2v) is 17.3. The van der Waals surface area contributed by atoms with E-state index in [4.69, 9.17) is 0 Å². The average Bonchev–Trinajstić information content (AvgIpc) is 3.12. The molecule has 0 spiro atoms. The molecule has 6 aromatic rings. The first-order valence-corrected chi connectivity index (χ1v) is 19.0. The number of nitrogens with one attached hydrogen (secondary N) is 2. The molecule has 44 heavy (non-hydrogen) atoms. The van der Waals surface area contributed by atoms with Crippen LogP contribution in [0.2, 0.25) is 0 Å². The van der Waals surface area contributed by atoms with Gasteiger partial charge in [0.15, 0.2) is 14.8 Å². The summed E-state index contributed by atoms with van der Waals surface area (Å²) in [4.78, 5) is 0. The summed E-state index contributed by atoms with van der Waals surface area (Å²) >= 11 is 0. The molecule has 0 aliphatic rings. The van der Waals surface area contributed by atoms with Gasteiger partial charge >= 0.3 is 0 Å². The third-order valence-electron chi connectivity index (χ3n) is 8.16. The van der Waals surface area contributed by atoms with Crippen LogP contribution in [0.1, 0.15) is 12.8 Å². The Kier molecular flexibility index (Phi) is 10.1. The van der Waals surface area contributed by atoms with E-state index in [0.29, 0.717) is 0 Å². The van der Waals surface area contributed by atoms with E-state index in [1.165, 1.54) is 31.8 Å². The highest BCUT2D eigenvalue weighted by Crippen LogP contribution is 2.52. The lowest BCUT2D eigenvalue weighted by Gasteiger charge is -2.28. The summed E-state index contributed by atoms with van der Waals surface area (Å²) in [5, 5.41) is 16.5. The van der Waals surface area contributed by atoms with Gasteiger partial charge in [0.2, 0.25) is 0 Å². The second-order valence-electron chi connectivity index (χ2n) is 10.9. The van der Waals surface area contributed by atoms with Gasteiger partial charge in [-0.3, -0.25) is 0 Å². The Morgan fingerprint density at radius 1 is 0.273 bits per heavy atom. The van der Waals surface area contributed by atoms with Gasteiger partial charge in [-0.15, -0.1) is 0 Å². The summed E-state index contributed by atoms with van der Waals surface area (Å²) < 4.78 is 0. The first-order valence-electron chi connectivity index (χ1n) is 15.5. The Labute approximate surface area is 264 Å². The Bertz CT molecular complexity index is 1360. The summed E-state index contributed by atoms with van der Waals surface area (Å²) in [6.45, 7) is 1.86. The highest BCUT2D eigenvalue weighted by Gasteiger charge is 2.46. The van der Waals surface area contributed by atoms with Crippen LogP contribution < -0.4 is 42.0 Å². The Hall–Kier alpha value is -3.90. The quantitative estimate of drug-likeness (QED) is 0.112. The van der Waals surface area contributed by atoms with Crippen LogP contribution in [0.3, 0.4) is 0 Å². The summed E-state index contributed by atoms with van der Waals surface area (Å²) in [6.07, 6.45) is 2.14. The molecule has 0 unspecified atom stereocenters. The molecule has 6 aromatic carbocycles. The van der Waals surface area contributed by atoms with E-state index in [1.807, 2.05) is 0 Å². The Morgan fingerprint density at radius 3 is 0.636 bits per heavy atom. The molecule has 6 rings (SSSR count). The topological polar surface area (TPSA) is 24.1 Å². The largest absolute Gasteiger partial charge is 0.178 e. The Balaban J connectivity index is 1.26. The lowest BCUT2D eigenvalue weighted by Crippen LogP contribution is -2.42. The van der Waals surface area contributed by atoms with E-state index in [-0.39, 0.29) is 0 Å². The molecule has 218 valence electrons. The summed E-state index contributed by atoms with van der Waals surface area (Å²) in [7, 11) is -4.08. The molecular weight excluding hydrogens is 570 g/mol. The van der Waals surface area contributed by atoms with Crippen LogP contribution in [0.15, 0.2) is 182 Å². The molecule has 0 saturated carbocycles. The van der Waals surface area contributed by atoms with E-state index in [1.54, 1.807) is 0 Å². The number of rotatable bonds is 13. The summed E-state index contributed by atoms with van der Waals surface area (Å²) in [5.74, 6) is 0. The van der Waals surface area contributed by atoms with Crippen molar-refractivity contribution in [3.63, 3.8) is 0 Å². The van der Waals surface area contributed by atoms with Crippen LogP contribution in [-0.2, 0) is 0 Å². The maximum atomic E-state index is 4.17. The average molecular weight is 611 g/mol. The van der Waals surface area contributed by atoms with Crippen molar-refractivity contribution in [1.29, 1.82) is 0 Å². The van der Waals surface area contributed by atoms with Crippen LogP contribution in [0.25, 0.3) is 0 Å². The molecule has 0 aromatic heterocycles. The molecule has 0 radical (unpaired) electrons. The van der Waals surface area contributed by atoms with Crippen molar-refractivity contribution < 1.29 is 0 Å². The standard InChI is InChI=1S/C40H40N2P2/c1-7-21-35(22-8-1)43(36-23-9-2-10-24-36,37-25-11-3-12-26-37)41-33-19-20-34-42-44(38-27-13-4-14-28-38,39-29-15-5-16-30-39)40-31-17-6-18-32-40/h1-18,21-32,41-42H,19-20,33-34H2/q+2. The lowest BCUT2D eigenvalue weighted by molar-refractivity contribution is 0.709. The van der Waals surface area contributed by atoms with Gasteiger partial charge in [0.25, 0.3) is 0 Å². The molecule has 0 fully saturated rings. The minimum Gasteiger partial charge on any atom is -0.178 e. The van der Waals surface area contributed by atoms with E-state index < -0.39 is 14.8 Å². The minimum absolute atomic E-state index is 0.932. The fraction of sp³-hybridized carbons (Fsp3) is 0.100. The van der Waals surface area contributed by atoms with Gasteiger partial charge in [0.05, 0.1) is 0 Å². The highest BCUT2D eigenvalue weighted by molar-refractivity contribution is 7.94. The second kappa shape index (κ2) is 14.7. The monoisotopic (exact) mass is 610 g/mol. The molecule has 0 aliphatic carbocycles. The zero-order valence-corrected chi connectivity index (χ0v) is 26.8. The van der Waals surface area contributed by atoms with E-state index in [2.05, 4.69) is 192 Å². The first-order chi connectivity index (χ1) is 21.8. The molecule has 2 N–H and O–H groups in total. The highest BCUT2D eigenvalue weighted by atomic mass is 31.2. The maximum Gasteiger partial charge on any atom is 0.178 e. The van der Waals surface area contributed by atoms with Crippen LogP contribution in [-0.4, -0.2) is 13.1 Å². The van der Waals surface area contributed by atoms with Crippen LogP contribution in [0.5, 0.6) is 0 Å². The molecule has 4 heteroatoms. The smallest absolute Gasteiger partial charge is 0.178 e. The van der Waals surface area contributed by atoms with Crippen molar-refractivity contribution in [2.45, 2.75) is 12.8 Å². The third kappa shape index (κ3) is 6.32. The Morgan fingerprint density at radius 2 is 0.455 bits per heavy atom. The predicted octanol–water partition coefficient (Wildman–Crippen LogP) is 6.76. The van der Waals surface area contributed by atoms with E-state index in [9.17, 15) is 0 Å². The van der Waals surface area contributed by atoms with Gasteiger partial charge in [-0.05, 0) is 85.6 Å². The molecule has 0 heterocycles. The maximum absolute atomic E-state index is 4.17. The minimum atomic E-state index is -2.04. The number of benzene rings is 6. The fourth-order valence-electron chi connectivity index (χ4n) is 6.10. The predicted molar refractivity (Wildman–Crippen MR) is 196 cm³/mol. The third-order valence-corrected chi connectivity index (χ3v) is 16.0. The van der Waals surface area contributed by atoms with E-state index in [0.717, 1.165) is 25.9 Å². The van der Waals surface area contributed by atoms with Crippen molar-refractivity contribution in [3.8, 4) is 0 Å². The van der Waals surface area contributed by atoms with Gasteiger partial charge in [0.1, 0.15) is 31.8 Å². The molecular formula is C40H40N2P2+2. The normalized spacial score (nSPS) is 11.7. The van der Waals surface area contributed by atoms with Crippen molar-refractivity contribution in [2.75, 3.05) is 13.1 Å². The molecule has 0 amide bonds. The van der Waals surface area contributed by atoms with Crippen molar-refractivity contribution in [1.82, 2.24) is 10.2 Å². The summed E-state index contributed by atoms with van der Waals surface area (Å²) in [6, 6.07) is 66.2. The number of hydrogen-bond donors (Lipinski definition) is 2. The lowest BCUT2D eigenvalue weighted by atomic mass is 10.3. The van der Waals surface area contributed by atoms with E-state index >= 15 is 0 Å². The molecule has 0 aliphatic heterocycles. The first kappa shape index (κ1) is 30.1. The van der Waals surface area contributed by atoms with Gasteiger partial charge in [-0.2, -0.15) is 10.2 Å². The van der Waals surface area contributed by atoms with Crippen LogP contribution >= 0.6 is 14.8 Å². The van der Waals surface area contributed by atoms with Gasteiger partial charge < -0.3 is 0 Å². The zero-order chi connectivity index (χ0) is 29.9. The van der Waals surface area contributed by atoms with Crippen molar-refractivity contribution in [3.05, 3.63) is 182 Å². The van der Waals surface area contributed by atoms with Crippen LogP contribution in [0.4, 0.5) is 0 Å². The van der Waals surface area contributed by atoms with Crippen LogP contribution in [0, 0.1) is 0 Å². The fourth-order valence-corrected chi connectivity index (χ4v) is 13.7. The van der Waals surface area contributed by atoms with Gasteiger partial charge in [0, 0.05) is 13.1 Å². The molecule has 0 saturated heterocycles. The SMILES string of the molecule is c1ccc([P+](NCCCCN[P+](c2ccccc2)(c2ccccc2)c2ccccc2)(c2ccccc2)c2ccccc2)cc1. The molecule has 2 nitrogen and oxygen atoms in total. The molecule has 0 atom stereocenters. The zero-order valence-electron chi connectivity index (χ0n) is 25.0. The van der Waals surface area contributed by atoms with Gasteiger partial charge in [-0.25, -0.2) is 0 Å². The number of hydrogen-bond acceptors (Lipinski definition) is 2. The summed E-state index contributed by atoms with van der Waals surface area (Å²) in [5.41, 5.74) is 0. The van der Waals surface area contributed by atoms with Crippen molar-refractivity contribution >= 4 is 46.7 Å². The molecule has 0 bridgehead atoms. The van der Waals surface area contributed by atoms with Gasteiger partial charge in [-0.1, -0.05) is 109 Å². The number of unbranched alkanes of at least 4 members (excludes halogenated alkanes) is 1.